The average Bonchev–Trinajstić information content (AvgIpc) is 2.79. The van der Waals surface area contributed by atoms with Gasteiger partial charge < -0.3 is 4.90 Å². The number of rotatable bonds is 3. The maximum absolute atomic E-state index is 6.29. The molecule has 1 atom stereocenters. The van der Waals surface area contributed by atoms with Crippen molar-refractivity contribution in [2.75, 3.05) is 31.1 Å². The SMILES string of the molecule is CCCc1c(Cl)ncnc1N1CCCN2CCCC2C1. The van der Waals surface area contributed by atoms with Crippen molar-refractivity contribution in [2.45, 2.75) is 45.1 Å². The number of fused-ring (bicyclic) bond motifs is 1. The molecule has 2 aliphatic rings. The van der Waals surface area contributed by atoms with Crippen LogP contribution in [0, 0.1) is 0 Å². The summed E-state index contributed by atoms with van der Waals surface area (Å²) in [6.45, 7) is 6.84. The highest BCUT2D eigenvalue weighted by atomic mass is 35.5. The minimum absolute atomic E-state index is 0.629. The fourth-order valence-corrected chi connectivity index (χ4v) is 3.74. The lowest BCUT2D eigenvalue weighted by Crippen LogP contribution is -2.37. The summed E-state index contributed by atoms with van der Waals surface area (Å²) in [5, 5.41) is 0.629. The van der Waals surface area contributed by atoms with Crippen molar-refractivity contribution in [3.8, 4) is 0 Å². The lowest BCUT2D eigenvalue weighted by molar-refractivity contribution is 0.273. The second-order valence-corrected chi connectivity index (χ2v) is 6.21. The third kappa shape index (κ3) is 2.77. The standard InChI is InChI=1S/C15H23ClN4/c1-2-5-13-14(16)17-11-18-15(13)20-9-4-8-19-7-3-6-12(19)10-20/h11-12H,2-10H2,1H3. The second-order valence-electron chi connectivity index (χ2n) is 5.85. The largest absolute Gasteiger partial charge is 0.355 e. The normalized spacial score (nSPS) is 23.7. The zero-order valence-electron chi connectivity index (χ0n) is 12.2. The lowest BCUT2D eigenvalue weighted by atomic mass is 10.1. The minimum Gasteiger partial charge on any atom is -0.355 e. The fourth-order valence-electron chi connectivity index (χ4n) is 3.52. The van der Waals surface area contributed by atoms with E-state index in [1.807, 2.05) is 0 Å². The first-order valence-electron chi connectivity index (χ1n) is 7.78. The third-order valence-electron chi connectivity index (χ3n) is 4.47. The maximum atomic E-state index is 6.29. The zero-order valence-corrected chi connectivity index (χ0v) is 12.9. The number of hydrogen-bond acceptors (Lipinski definition) is 4. The molecule has 2 saturated heterocycles. The Morgan fingerprint density at radius 2 is 2.10 bits per heavy atom. The van der Waals surface area contributed by atoms with E-state index in [1.165, 1.54) is 32.4 Å². The van der Waals surface area contributed by atoms with E-state index in [0.717, 1.165) is 37.3 Å². The number of anilines is 1. The fraction of sp³-hybridized carbons (Fsp3) is 0.733. The molecule has 0 aromatic carbocycles. The van der Waals surface area contributed by atoms with Gasteiger partial charge in [-0.05, 0) is 32.2 Å². The maximum Gasteiger partial charge on any atom is 0.137 e. The molecule has 0 radical (unpaired) electrons. The Morgan fingerprint density at radius 3 is 2.95 bits per heavy atom. The smallest absolute Gasteiger partial charge is 0.137 e. The van der Waals surface area contributed by atoms with E-state index in [9.17, 15) is 0 Å². The molecule has 4 nitrogen and oxygen atoms in total. The van der Waals surface area contributed by atoms with Gasteiger partial charge in [-0.2, -0.15) is 0 Å². The molecule has 0 spiro atoms. The van der Waals surface area contributed by atoms with E-state index in [2.05, 4.69) is 26.7 Å². The topological polar surface area (TPSA) is 32.3 Å². The van der Waals surface area contributed by atoms with Crippen LogP contribution in [0.3, 0.4) is 0 Å². The highest BCUT2D eigenvalue weighted by Crippen LogP contribution is 2.29. The number of halogens is 1. The predicted molar refractivity (Wildman–Crippen MR) is 82.5 cm³/mol. The van der Waals surface area contributed by atoms with Gasteiger partial charge in [-0.3, -0.25) is 4.90 Å². The molecule has 110 valence electrons. The third-order valence-corrected chi connectivity index (χ3v) is 4.80. The van der Waals surface area contributed by atoms with Gasteiger partial charge in [0.25, 0.3) is 0 Å². The van der Waals surface area contributed by atoms with Gasteiger partial charge in [-0.15, -0.1) is 0 Å². The van der Waals surface area contributed by atoms with Crippen molar-refractivity contribution >= 4 is 17.4 Å². The molecule has 0 aliphatic carbocycles. The van der Waals surface area contributed by atoms with Crippen molar-refractivity contribution in [3.05, 3.63) is 17.0 Å². The van der Waals surface area contributed by atoms with Crippen LogP contribution in [0.4, 0.5) is 5.82 Å². The van der Waals surface area contributed by atoms with Gasteiger partial charge >= 0.3 is 0 Å². The number of hydrogen-bond donors (Lipinski definition) is 0. The lowest BCUT2D eigenvalue weighted by Gasteiger charge is -2.28. The van der Waals surface area contributed by atoms with Gasteiger partial charge in [0.1, 0.15) is 17.3 Å². The van der Waals surface area contributed by atoms with Crippen LogP contribution >= 0.6 is 11.6 Å². The Kier molecular flexibility index (Phi) is 4.41. The molecule has 3 heterocycles. The molecule has 0 saturated carbocycles. The van der Waals surface area contributed by atoms with Crippen LogP contribution in [0.2, 0.25) is 5.15 Å². The molecular weight excluding hydrogens is 272 g/mol. The van der Waals surface area contributed by atoms with Gasteiger partial charge in [0.15, 0.2) is 0 Å². The van der Waals surface area contributed by atoms with Crippen LogP contribution < -0.4 is 4.90 Å². The van der Waals surface area contributed by atoms with Gasteiger partial charge in [-0.25, -0.2) is 9.97 Å². The summed E-state index contributed by atoms with van der Waals surface area (Å²) in [7, 11) is 0. The summed E-state index contributed by atoms with van der Waals surface area (Å²) in [6.07, 6.45) is 7.50. The summed E-state index contributed by atoms with van der Waals surface area (Å²) >= 11 is 6.29. The van der Waals surface area contributed by atoms with Crippen LogP contribution in [-0.4, -0.2) is 47.1 Å². The quantitative estimate of drug-likeness (QED) is 0.803. The Morgan fingerprint density at radius 1 is 1.25 bits per heavy atom. The van der Waals surface area contributed by atoms with Crippen molar-refractivity contribution in [1.82, 2.24) is 14.9 Å². The summed E-state index contributed by atoms with van der Waals surface area (Å²) in [5.41, 5.74) is 1.13. The van der Waals surface area contributed by atoms with E-state index >= 15 is 0 Å². The highest BCUT2D eigenvalue weighted by Gasteiger charge is 2.30. The van der Waals surface area contributed by atoms with E-state index in [1.54, 1.807) is 6.33 Å². The summed E-state index contributed by atoms with van der Waals surface area (Å²) in [5.74, 6) is 1.07. The van der Waals surface area contributed by atoms with E-state index in [4.69, 9.17) is 11.6 Å². The van der Waals surface area contributed by atoms with Crippen LogP contribution in [0.1, 0.15) is 38.2 Å². The van der Waals surface area contributed by atoms with E-state index in [-0.39, 0.29) is 0 Å². The number of nitrogens with zero attached hydrogens (tertiary/aromatic N) is 4. The van der Waals surface area contributed by atoms with Gasteiger partial charge in [0.05, 0.1) is 0 Å². The van der Waals surface area contributed by atoms with Crippen molar-refractivity contribution in [2.24, 2.45) is 0 Å². The molecule has 0 bridgehead atoms. The Labute approximate surface area is 126 Å². The van der Waals surface area contributed by atoms with Gasteiger partial charge in [0, 0.05) is 31.2 Å². The molecular formula is C15H23ClN4. The second kappa shape index (κ2) is 6.27. The highest BCUT2D eigenvalue weighted by molar-refractivity contribution is 6.30. The average molecular weight is 295 g/mol. The molecule has 3 rings (SSSR count). The van der Waals surface area contributed by atoms with Crippen LogP contribution in [-0.2, 0) is 6.42 Å². The predicted octanol–water partition coefficient (Wildman–Crippen LogP) is 2.76. The Balaban J connectivity index is 1.86. The van der Waals surface area contributed by atoms with Crippen LogP contribution in [0.25, 0.3) is 0 Å². The first-order valence-corrected chi connectivity index (χ1v) is 8.15. The molecule has 1 aromatic heterocycles. The Hall–Kier alpha value is -0.870. The van der Waals surface area contributed by atoms with Crippen molar-refractivity contribution < 1.29 is 0 Å². The van der Waals surface area contributed by atoms with Crippen LogP contribution in [0.5, 0.6) is 0 Å². The summed E-state index contributed by atoms with van der Waals surface area (Å²) < 4.78 is 0. The molecule has 2 aliphatic heterocycles. The Bertz CT molecular complexity index is 465. The molecule has 0 N–H and O–H groups in total. The minimum atomic E-state index is 0.629. The molecule has 2 fully saturated rings. The van der Waals surface area contributed by atoms with Crippen molar-refractivity contribution in [3.63, 3.8) is 0 Å². The summed E-state index contributed by atoms with van der Waals surface area (Å²) in [4.78, 5) is 13.8. The first-order chi connectivity index (χ1) is 9.79. The molecule has 1 aromatic rings. The molecule has 20 heavy (non-hydrogen) atoms. The zero-order chi connectivity index (χ0) is 13.9. The van der Waals surface area contributed by atoms with Gasteiger partial charge in [-0.1, -0.05) is 24.9 Å². The molecule has 1 unspecified atom stereocenters. The molecule has 0 amide bonds. The number of aromatic nitrogens is 2. The first kappa shape index (κ1) is 14.1. The van der Waals surface area contributed by atoms with E-state index in [0.29, 0.717) is 11.2 Å². The van der Waals surface area contributed by atoms with Crippen LogP contribution in [0.15, 0.2) is 6.33 Å². The monoisotopic (exact) mass is 294 g/mol. The van der Waals surface area contributed by atoms with Crippen molar-refractivity contribution in [1.29, 1.82) is 0 Å². The summed E-state index contributed by atoms with van der Waals surface area (Å²) in [6, 6.07) is 0.695. The van der Waals surface area contributed by atoms with Gasteiger partial charge in [0.2, 0.25) is 0 Å². The van der Waals surface area contributed by atoms with E-state index < -0.39 is 0 Å². The molecule has 5 heteroatoms.